The van der Waals surface area contributed by atoms with Crippen molar-refractivity contribution in [2.24, 2.45) is 5.92 Å². The van der Waals surface area contributed by atoms with Gasteiger partial charge in [-0.1, -0.05) is 0 Å². The number of rotatable bonds is 3. The van der Waals surface area contributed by atoms with E-state index in [0.717, 1.165) is 5.92 Å². The van der Waals surface area contributed by atoms with Crippen LogP contribution in [0, 0.1) is 5.92 Å². The van der Waals surface area contributed by atoms with E-state index in [4.69, 9.17) is 0 Å². The summed E-state index contributed by atoms with van der Waals surface area (Å²) < 4.78 is 0. The third kappa shape index (κ3) is 2.40. The molecule has 0 aromatic carbocycles. The van der Waals surface area contributed by atoms with Crippen LogP contribution in [-0.4, -0.2) is 34.5 Å². The highest BCUT2D eigenvalue weighted by Gasteiger charge is 2.28. The molecule has 2 fully saturated rings. The van der Waals surface area contributed by atoms with Crippen molar-refractivity contribution in [3.63, 3.8) is 0 Å². The van der Waals surface area contributed by atoms with Crippen LogP contribution in [0.1, 0.15) is 37.3 Å². The minimum Gasteiger partial charge on any atom is -0.302 e. The van der Waals surface area contributed by atoms with Crippen molar-refractivity contribution in [1.29, 1.82) is 0 Å². The summed E-state index contributed by atoms with van der Waals surface area (Å²) in [5.41, 5.74) is 1.18. The van der Waals surface area contributed by atoms with E-state index < -0.39 is 0 Å². The van der Waals surface area contributed by atoms with E-state index in [1.807, 2.05) is 12.4 Å². The van der Waals surface area contributed by atoms with Crippen LogP contribution < -0.4 is 0 Å². The summed E-state index contributed by atoms with van der Waals surface area (Å²) in [6.07, 6.45) is 11.0. The lowest BCUT2D eigenvalue weighted by Crippen LogP contribution is -2.36. The number of aromatic nitrogens is 2. The van der Waals surface area contributed by atoms with Gasteiger partial charge in [0.05, 0.1) is 5.69 Å². The smallest absolute Gasteiger partial charge is 0.0630 e. The van der Waals surface area contributed by atoms with Gasteiger partial charge < -0.3 is 4.90 Å². The maximum Gasteiger partial charge on any atom is 0.0630 e. The van der Waals surface area contributed by atoms with Crippen LogP contribution in [-0.2, 0) is 0 Å². The highest BCUT2D eigenvalue weighted by molar-refractivity contribution is 5.05. The Hall–Kier alpha value is -0.960. The molecule has 2 aliphatic rings. The molecule has 0 N–H and O–H groups in total. The molecule has 16 heavy (non-hydrogen) atoms. The van der Waals surface area contributed by atoms with Crippen LogP contribution in [0.25, 0.3) is 0 Å². The summed E-state index contributed by atoms with van der Waals surface area (Å²) in [5, 5.41) is 0. The predicted octanol–water partition coefficient (Wildman–Crippen LogP) is 2.07. The zero-order valence-electron chi connectivity index (χ0n) is 9.68. The molecule has 0 amide bonds. The summed E-state index contributed by atoms with van der Waals surface area (Å²) in [6, 6.07) is 0. The zero-order valence-corrected chi connectivity index (χ0v) is 9.68. The van der Waals surface area contributed by atoms with Gasteiger partial charge in [0.2, 0.25) is 0 Å². The van der Waals surface area contributed by atoms with Gasteiger partial charge >= 0.3 is 0 Å². The van der Waals surface area contributed by atoms with Crippen molar-refractivity contribution in [2.75, 3.05) is 19.6 Å². The SMILES string of the molecule is c1cnc([C@H]2CCCN(CC3CC3)C2)cn1. The molecule has 0 radical (unpaired) electrons. The Morgan fingerprint density at radius 2 is 2.19 bits per heavy atom. The van der Waals surface area contributed by atoms with Gasteiger partial charge in [-0.05, 0) is 38.1 Å². The van der Waals surface area contributed by atoms with Crippen molar-refractivity contribution in [3.8, 4) is 0 Å². The molecule has 1 atom stereocenters. The van der Waals surface area contributed by atoms with Crippen molar-refractivity contribution < 1.29 is 0 Å². The Bertz CT molecular complexity index is 334. The minimum atomic E-state index is 0.612. The third-order valence-corrected chi connectivity index (χ3v) is 3.72. The van der Waals surface area contributed by atoms with Crippen molar-refractivity contribution in [3.05, 3.63) is 24.3 Å². The number of piperidine rings is 1. The molecule has 0 spiro atoms. The molecule has 1 aromatic rings. The second-order valence-electron chi connectivity index (χ2n) is 5.17. The molecule has 1 aromatic heterocycles. The number of hydrogen-bond acceptors (Lipinski definition) is 3. The quantitative estimate of drug-likeness (QED) is 0.776. The molecule has 1 aliphatic carbocycles. The van der Waals surface area contributed by atoms with E-state index in [0.29, 0.717) is 5.92 Å². The number of hydrogen-bond donors (Lipinski definition) is 0. The molecular formula is C13H19N3. The molecule has 0 unspecified atom stereocenters. The molecule has 86 valence electrons. The van der Waals surface area contributed by atoms with Crippen LogP contribution in [0.3, 0.4) is 0 Å². The maximum absolute atomic E-state index is 4.44. The van der Waals surface area contributed by atoms with Crippen molar-refractivity contribution in [1.82, 2.24) is 14.9 Å². The van der Waals surface area contributed by atoms with Gasteiger partial charge in [0.1, 0.15) is 0 Å². The van der Waals surface area contributed by atoms with Gasteiger partial charge in [-0.15, -0.1) is 0 Å². The fourth-order valence-corrected chi connectivity index (χ4v) is 2.65. The molecule has 0 bridgehead atoms. The maximum atomic E-state index is 4.44. The normalized spacial score (nSPS) is 26.9. The number of nitrogens with zero attached hydrogens (tertiary/aromatic N) is 3. The fourth-order valence-electron chi connectivity index (χ4n) is 2.65. The van der Waals surface area contributed by atoms with E-state index in [-0.39, 0.29) is 0 Å². The first-order valence-corrected chi connectivity index (χ1v) is 6.40. The first-order chi connectivity index (χ1) is 7.92. The lowest BCUT2D eigenvalue weighted by Gasteiger charge is -2.32. The monoisotopic (exact) mass is 217 g/mol. The fraction of sp³-hybridized carbons (Fsp3) is 0.692. The van der Waals surface area contributed by atoms with E-state index in [9.17, 15) is 0 Å². The van der Waals surface area contributed by atoms with Gasteiger partial charge in [-0.2, -0.15) is 0 Å². The Labute approximate surface area is 96.9 Å². The van der Waals surface area contributed by atoms with E-state index in [1.54, 1.807) is 6.20 Å². The molecule has 3 nitrogen and oxygen atoms in total. The first-order valence-electron chi connectivity index (χ1n) is 6.40. The summed E-state index contributed by atoms with van der Waals surface area (Å²) in [7, 11) is 0. The summed E-state index contributed by atoms with van der Waals surface area (Å²) >= 11 is 0. The molecule has 2 heterocycles. The first kappa shape index (κ1) is 10.2. The highest BCUT2D eigenvalue weighted by Crippen LogP contribution is 2.32. The molecule has 1 saturated heterocycles. The predicted molar refractivity (Wildman–Crippen MR) is 63.2 cm³/mol. The minimum absolute atomic E-state index is 0.612. The lowest BCUT2D eigenvalue weighted by atomic mass is 9.95. The molecular weight excluding hydrogens is 198 g/mol. The highest BCUT2D eigenvalue weighted by atomic mass is 15.1. The largest absolute Gasteiger partial charge is 0.302 e. The van der Waals surface area contributed by atoms with Gasteiger partial charge in [0, 0.05) is 37.6 Å². The Morgan fingerprint density at radius 3 is 2.94 bits per heavy atom. The van der Waals surface area contributed by atoms with Gasteiger partial charge in [-0.25, -0.2) is 0 Å². The average Bonchev–Trinajstić information content (AvgIpc) is 3.15. The molecule has 3 rings (SSSR count). The van der Waals surface area contributed by atoms with Crippen molar-refractivity contribution in [2.45, 2.75) is 31.6 Å². The van der Waals surface area contributed by atoms with Crippen molar-refractivity contribution >= 4 is 0 Å². The average molecular weight is 217 g/mol. The van der Waals surface area contributed by atoms with E-state index in [1.165, 1.54) is 51.0 Å². The van der Waals surface area contributed by atoms with Gasteiger partial charge in [-0.3, -0.25) is 9.97 Å². The standard InChI is InChI=1S/C13H19N3/c1-2-12(13-8-14-5-6-15-13)10-16(7-1)9-11-3-4-11/h5-6,8,11-12H,1-4,7,9-10H2/t12-/m0/s1. The van der Waals surface area contributed by atoms with E-state index >= 15 is 0 Å². The molecule has 3 heteroatoms. The summed E-state index contributed by atoms with van der Waals surface area (Å²) in [6.45, 7) is 3.79. The summed E-state index contributed by atoms with van der Waals surface area (Å²) in [5.74, 6) is 1.61. The molecule has 1 saturated carbocycles. The van der Waals surface area contributed by atoms with Crippen LogP contribution >= 0.6 is 0 Å². The van der Waals surface area contributed by atoms with Crippen LogP contribution in [0.5, 0.6) is 0 Å². The second kappa shape index (κ2) is 4.50. The molecule has 1 aliphatic heterocycles. The van der Waals surface area contributed by atoms with Crippen LogP contribution in [0.15, 0.2) is 18.6 Å². The number of likely N-dealkylation sites (tertiary alicyclic amines) is 1. The van der Waals surface area contributed by atoms with Gasteiger partial charge in [0.15, 0.2) is 0 Å². The Morgan fingerprint density at radius 1 is 1.25 bits per heavy atom. The summed E-state index contributed by atoms with van der Waals surface area (Å²) in [4.78, 5) is 11.2. The Balaban J connectivity index is 1.62. The lowest BCUT2D eigenvalue weighted by molar-refractivity contribution is 0.198. The third-order valence-electron chi connectivity index (χ3n) is 3.72. The topological polar surface area (TPSA) is 29.0 Å². The second-order valence-corrected chi connectivity index (χ2v) is 5.17. The zero-order chi connectivity index (χ0) is 10.8. The Kier molecular flexibility index (Phi) is 2.87. The van der Waals surface area contributed by atoms with Gasteiger partial charge in [0.25, 0.3) is 0 Å². The van der Waals surface area contributed by atoms with E-state index in [2.05, 4.69) is 14.9 Å². The van der Waals surface area contributed by atoms with Crippen LogP contribution in [0.4, 0.5) is 0 Å². The van der Waals surface area contributed by atoms with Crippen LogP contribution in [0.2, 0.25) is 0 Å².